The Kier molecular flexibility index (Phi) is 6.34. The SMILES string of the molecule is C=CCCC1COC(c2ccc3c(c2F)C(F)C(F)c2c-3ccc(OCC)c2F)OC1. The van der Waals surface area contributed by atoms with E-state index in [1.54, 1.807) is 6.92 Å². The second-order valence-electron chi connectivity index (χ2n) is 7.74. The highest BCUT2D eigenvalue weighted by molar-refractivity contribution is 5.76. The maximum Gasteiger partial charge on any atom is 0.186 e. The van der Waals surface area contributed by atoms with E-state index in [4.69, 9.17) is 14.2 Å². The standard InChI is InChI=1S/C24H24F4O3/c1-3-5-6-13-11-30-24(31-12-13)16-8-7-14-15-9-10-17(29-4-2)21(26)19(15)23(28)22(27)18(14)20(16)25/h3,7-10,13,22-24H,1,4-6,11-12H2,2H3. The van der Waals surface area contributed by atoms with Gasteiger partial charge in [0, 0.05) is 22.6 Å². The fraction of sp³-hybridized carbons (Fsp3) is 0.417. The normalized spacial score (nSPS) is 24.9. The van der Waals surface area contributed by atoms with Crippen molar-refractivity contribution < 1.29 is 31.8 Å². The molecule has 2 unspecified atom stereocenters. The second-order valence-corrected chi connectivity index (χ2v) is 7.74. The summed E-state index contributed by atoms with van der Waals surface area (Å²) in [5.41, 5.74) is -0.668. The third kappa shape index (κ3) is 3.85. The third-order valence-electron chi connectivity index (χ3n) is 5.75. The molecule has 2 aromatic carbocycles. The molecule has 166 valence electrons. The topological polar surface area (TPSA) is 27.7 Å². The summed E-state index contributed by atoms with van der Waals surface area (Å²) in [6.45, 7) is 6.26. The molecular formula is C24H24F4O3. The van der Waals surface area contributed by atoms with Gasteiger partial charge in [0.2, 0.25) is 0 Å². The van der Waals surface area contributed by atoms with Crippen LogP contribution in [0.5, 0.6) is 5.75 Å². The monoisotopic (exact) mass is 436 g/mol. The van der Waals surface area contributed by atoms with Crippen molar-refractivity contribution in [2.75, 3.05) is 19.8 Å². The van der Waals surface area contributed by atoms with Gasteiger partial charge in [-0.3, -0.25) is 0 Å². The molecule has 2 aromatic rings. The minimum atomic E-state index is -2.36. The molecule has 0 spiro atoms. The molecular weight excluding hydrogens is 412 g/mol. The van der Waals surface area contributed by atoms with Crippen molar-refractivity contribution in [3.63, 3.8) is 0 Å². The van der Waals surface area contributed by atoms with Crippen molar-refractivity contribution in [1.82, 2.24) is 0 Å². The number of ether oxygens (including phenoxy) is 3. The Bertz CT molecular complexity index is 970. The lowest BCUT2D eigenvalue weighted by molar-refractivity contribution is -0.207. The van der Waals surface area contributed by atoms with E-state index in [1.165, 1.54) is 24.3 Å². The predicted octanol–water partition coefficient (Wildman–Crippen LogP) is 6.69. The minimum absolute atomic E-state index is 0.00521. The van der Waals surface area contributed by atoms with Gasteiger partial charge in [0.25, 0.3) is 0 Å². The number of hydrogen-bond acceptors (Lipinski definition) is 3. The molecule has 1 fully saturated rings. The van der Waals surface area contributed by atoms with Gasteiger partial charge < -0.3 is 14.2 Å². The van der Waals surface area contributed by atoms with Crippen LogP contribution in [0.2, 0.25) is 0 Å². The van der Waals surface area contributed by atoms with E-state index in [1.807, 2.05) is 6.08 Å². The van der Waals surface area contributed by atoms with Crippen molar-refractivity contribution >= 4 is 0 Å². The molecule has 31 heavy (non-hydrogen) atoms. The summed E-state index contributed by atoms with van der Waals surface area (Å²) in [5.74, 6) is -1.89. The van der Waals surface area contributed by atoms with Crippen LogP contribution < -0.4 is 4.74 Å². The van der Waals surface area contributed by atoms with Crippen molar-refractivity contribution in [2.24, 2.45) is 5.92 Å². The number of benzene rings is 2. The average Bonchev–Trinajstić information content (AvgIpc) is 2.78. The first kappa shape index (κ1) is 21.8. The first-order valence-corrected chi connectivity index (χ1v) is 10.4. The van der Waals surface area contributed by atoms with Gasteiger partial charge in [-0.05, 0) is 37.0 Å². The van der Waals surface area contributed by atoms with Gasteiger partial charge in [0.1, 0.15) is 5.82 Å². The third-order valence-corrected chi connectivity index (χ3v) is 5.75. The highest BCUT2D eigenvalue weighted by Crippen LogP contribution is 2.52. The van der Waals surface area contributed by atoms with Gasteiger partial charge in [-0.2, -0.15) is 0 Å². The maximum atomic E-state index is 15.4. The molecule has 0 radical (unpaired) electrons. The Morgan fingerprint density at radius 3 is 2.23 bits per heavy atom. The number of rotatable bonds is 6. The molecule has 3 nitrogen and oxygen atoms in total. The van der Waals surface area contributed by atoms with Gasteiger partial charge in [-0.1, -0.05) is 24.3 Å². The first-order chi connectivity index (χ1) is 15.0. The molecule has 0 aromatic heterocycles. The Morgan fingerprint density at radius 1 is 1.00 bits per heavy atom. The Hall–Kier alpha value is -2.38. The Labute approximate surface area is 178 Å². The number of alkyl halides is 2. The van der Waals surface area contributed by atoms with Crippen molar-refractivity contribution in [3.8, 4) is 16.9 Å². The van der Waals surface area contributed by atoms with Gasteiger partial charge in [-0.15, -0.1) is 6.58 Å². The number of hydrogen-bond donors (Lipinski definition) is 0. The highest BCUT2D eigenvalue weighted by Gasteiger charge is 2.41. The molecule has 2 atom stereocenters. The van der Waals surface area contributed by atoms with Crippen LogP contribution in [0.25, 0.3) is 11.1 Å². The van der Waals surface area contributed by atoms with Gasteiger partial charge >= 0.3 is 0 Å². The number of allylic oxidation sites excluding steroid dienone is 1. The summed E-state index contributed by atoms with van der Waals surface area (Å²) in [4.78, 5) is 0. The van der Waals surface area contributed by atoms with Crippen LogP contribution in [0.3, 0.4) is 0 Å². The van der Waals surface area contributed by atoms with E-state index in [0.29, 0.717) is 13.2 Å². The van der Waals surface area contributed by atoms with E-state index in [9.17, 15) is 8.78 Å². The summed E-state index contributed by atoms with van der Waals surface area (Å²) >= 11 is 0. The van der Waals surface area contributed by atoms with Crippen molar-refractivity contribution in [2.45, 2.75) is 38.4 Å². The summed E-state index contributed by atoms with van der Waals surface area (Å²) in [7, 11) is 0. The van der Waals surface area contributed by atoms with Crippen LogP contribution in [-0.2, 0) is 9.47 Å². The summed E-state index contributed by atoms with van der Waals surface area (Å²) < 4.78 is 76.6. The van der Waals surface area contributed by atoms with E-state index in [-0.39, 0.29) is 35.0 Å². The fourth-order valence-corrected chi connectivity index (χ4v) is 4.18. The quantitative estimate of drug-likeness (QED) is 0.373. The van der Waals surface area contributed by atoms with E-state index in [0.717, 1.165) is 12.8 Å². The van der Waals surface area contributed by atoms with Crippen LogP contribution in [0.15, 0.2) is 36.9 Å². The molecule has 4 rings (SSSR count). The lowest BCUT2D eigenvalue weighted by Gasteiger charge is -2.32. The van der Waals surface area contributed by atoms with Crippen LogP contribution >= 0.6 is 0 Å². The Morgan fingerprint density at radius 2 is 1.61 bits per heavy atom. The van der Waals surface area contributed by atoms with Crippen LogP contribution in [-0.4, -0.2) is 19.8 Å². The molecule has 0 amide bonds. The van der Waals surface area contributed by atoms with Crippen LogP contribution in [0, 0.1) is 17.6 Å². The molecule has 0 bridgehead atoms. The summed E-state index contributed by atoms with van der Waals surface area (Å²) in [5, 5.41) is 0. The minimum Gasteiger partial charge on any atom is -0.491 e. The summed E-state index contributed by atoms with van der Waals surface area (Å²) in [6.07, 6.45) is -2.26. The zero-order valence-electron chi connectivity index (χ0n) is 17.2. The number of halogens is 4. The van der Waals surface area contributed by atoms with Gasteiger partial charge in [0.05, 0.1) is 19.8 Å². The smallest absolute Gasteiger partial charge is 0.186 e. The largest absolute Gasteiger partial charge is 0.491 e. The average molecular weight is 436 g/mol. The molecule has 1 saturated heterocycles. The predicted molar refractivity (Wildman–Crippen MR) is 108 cm³/mol. The number of fused-ring (bicyclic) bond motifs is 3. The zero-order chi connectivity index (χ0) is 22.1. The summed E-state index contributed by atoms with van der Waals surface area (Å²) in [6, 6.07) is 5.65. The van der Waals surface area contributed by atoms with E-state index in [2.05, 4.69) is 6.58 Å². The maximum absolute atomic E-state index is 15.4. The van der Waals surface area contributed by atoms with Gasteiger partial charge in [-0.25, -0.2) is 17.6 Å². The Balaban J connectivity index is 1.68. The van der Waals surface area contributed by atoms with Crippen molar-refractivity contribution in [1.29, 1.82) is 0 Å². The van der Waals surface area contributed by atoms with Crippen LogP contribution in [0.4, 0.5) is 17.6 Å². The van der Waals surface area contributed by atoms with Gasteiger partial charge in [0.15, 0.2) is 30.2 Å². The molecule has 1 heterocycles. The second kappa shape index (κ2) is 9.01. The highest BCUT2D eigenvalue weighted by atomic mass is 19.2. The zero-order valence-corrected chi connectivity index (χ0v) is 17.2. The lowest BCUT2D eigenvalue weighted by atomic mass is 9.81. The van der Waals surface area contributed by atoms with E-state index < -0.39 is 41.4 Å². The molecule has 0 saturated carbocycles. The first-order valence-electron chi connectivity index (χ1n) is 10.4. The molecule has 2 aliphatic rings. The van der Waals surface area contributed by atoms with E-state index >= 15 is 8.78 Å². The fourth-order valence-electron chi connectivity index (χ4n) is 4.18. The molecule has 0 N–H and O–H groups in total. The molecule has 7 heteroatoms. The van der Waals surface area contributed by atoms with Crippen LogP contribution in [0.1, 0.15) is 55.1 Å². The van der Waals surface area contributed by atoms with Crippen molar-refractivity contribution in [3.05, 3.63) is 65.2 Å². The molecule has 1 aliphatic heterocycles. The lowest BCUT2D eigenvalue weighted by Crippen LogP contribution is -2.28. The molecule has 1 aliphatic carbocycles.